The largest absolute Gasteiger partial charge is 0.383 e. The summed E-state index contributed by atoms with van der Waals surface area (Å²) in [4.78, 5) is 12.9. The van der Waals surface area contributed by atoms with Crippen molar-refractivity contribution < 1.29 is 14.6 Å². The monoisotopic (exact) mass is 305 g/mol. The summed E-state index contributed by atoms with van der Waals surface area (Å²) >= 11 is 1.47. The summed E-state index contributed by atoms with van der Waals surface area (Å²) in [6, 6.07) is 11.0. The fourth-order valence-corrected chi connectivity index (χ4v) is 2.73. The first-order valence-electron chi connectivity index (χ1n) is 6.65. The van der Waals surface area contributed by atoms with E-state index < -0.39 is 5.60 Å². The van der Waals surface area contributed by atoms with Crippen LogP contribution in [-0.2, 0) is 16.9 Å². The van der Waals surface area contributed by atoms with Crippen molar-refractivity contribution in [3.63, 3.8) is 0 Å². The van der Waals surface area contributed by atoms with Crippen LogP contribution in [0.1, 0.15) is 27.7 Å². The fraction of sp³-hybridized carbons (Fsp3) is 0.312. The molecule has 0 aliphatic heterocycles. The van der Waals surface area contributed by atoms with E-state index in [1.807, 2.05) is 29.6 Å². The Hall–Kier alpha value is -1.69. The van der Waals surface area contributed by atoms with Crippen LogP contribution in [0.4, 0.5) is 0 Å². The molecule has 0 radical (unpaired) electrons. The molecule has 21 heavy (non-hydrogen) atoms. The van der Waals surface area contributed by atoms with Gasteiger partial charge < -0.3 is 15.2 Å². The number of nitrogens with one attached hydrogen (secondary N) is 1. The minimum Gasteiger partial charge on any atom is -0.383 e. The van der Waals surface area contributed by atoms with Crippen molar-refractivity contribution in [1.82, 2.24) is 5.32 Å². The van der Waals surface area contributed by atoms with Crippen LogP contribution in [0.15, 0.2) is 41.8 Å². The van der Waals surface area contributed by atoms with Gasteiger partial charge >= 0.3 is 0 Å². The maximum atomic E-state index is 12.1. The molecule has 4 nitrogen and oxygen atoms in total. The molecule has 1 aromatic carbocycles. The molecular weight excluding hydrogens is 286 g/mol. The lowest BCUT2D eigenvalue weighted by Crippen LogP contribution is -2.38. The Morgan fingerprint density at radius 1 is 1.33 bits per heavy atom. The summed E-state index contributed by atoms with van der Waals surface area (Å²) in [6.07, 6.45) is 0. The standard InChI is InChI=1S/C16H19NO3S/c1-16(19,14-4-3-9-21-14)11-17-15(18)13-7-5-12(6-8-13)10-20-2/h3-9,19H,10-11H2,1-2H3,(H,17,18). The number of aliphatic hydroxyl groups is 1. The van der Waals surface area contributed by atoms with Crippen LogP contribution in [0.2, 0.25) is 0 Å². The van der Waals surface area contributed by atoms with Crippen LogP contribution in [0, 0.1) is 0 Å². The summed E-state index contributed by atoms with van der Waals surface area (Å²) in [7, 11) is 1.63. The summed E-state index contributed by atoms with van der Waals surface area (Å²) < 4.78 is 5.03. The summed E-state index contributed by atoms with van der Waals surface area (Å²) in [5.41, 5.74) is 0.524. The lowest BCUT2D eigenvalue weighted by Gasteiger charge is -2.22. The van der Waals surface area contributed by atoms with Gasteiger partial charge in [-0.1, -0.05) is 18.2 Å². The van der Waals surface area contributed by atoms with E-state index >= 15 is 0 Å². The topological polar surface area (TPSA) is 58.6 Å². The third-order valence-electron chi connectivity index (χ3n) is 3.17. The van der Waals surface area contributed by atoms with E-state index in [2.05, 4.69) is 5.32 Å². The SMILES string of the molecule is COCc1ccc(C(=O)NCC(C)(O)c2cccs2)cc1. The lowest BCUT2D eigenvalue weighted by molar-refractivity contribution is 0.0557. The van der Waals surface area contributed by atoms with E-state index in [4.69, 9.17) is 4.74 Å². The Morgan fingerprint density at radius 3 is 2.62 bits per heavy atom. The number of ether oxygens (including phenoxy) is 1. The molecule has 2 rings (SSSR count). The van der Waals surface area contributed by atoms with Crippen LogP contribution in [0.3, 0.4) is 0 Å². The third-order valence-corrected chi connectivity index (χ3v) is 4.30. The van der Waals surface area contributed by atoms with Crippen molar-refractivity contribution in [1.29, 1.82) is 0 Å². The Kier molecular flexibility index (Phi) is 5.12. The van der Waals surface area contributed by atoms with E-state index in [0.717, 1.165) is 10.4 Å². The predicted octanol–water partition coefficient (Wildman–Crippen LogP) is 2.53. The number of benzene rings is 1. The molecule has 112 valence electrons. The molecule has 1 unspecified atom stereocenters. The van der Waals surface area contributed by atoms with Crippen molar-refractivity contribution in [2.45, 2.75) is 19.1 Å². The van der Waals surface area contributed by atoms with Gasteiger partial charge in [-0.25, -0.2) is 0 Å². The van der Waals surface area contributed by atoms with Gasteiger partial charge in [0.2, 0.25) is 0 Å². The average molecular weight is 305 g/mol. The van der Waals surface area contributed by atoms with E-state index in [0.29, 0.717) is 12.2 Å². The van der Waals surface area contributed by atoms with E-state index in [1.54, 1.807) is 26.2 Å². The highest BCUT2D eigenvalue weighted by molar-refractivity contribution is 7.10. The van der Waals surface area contributed by atoms with Gasteiger partial charge in [0.05, 0.1) is 13.2 Å². The van der Waals surface area contributed by atoms with Crippen molar-refractivity contribution in [3.05, 3.63) is 57.8 Å². The molecule has 2 N–H and O–H groups in total. The molecule has 2 aromatic rings. The van der Waals surface area contributed by atoms with Crippen LogP contribution in [-0.4, -0.2) is 24.7 Å². The minimum absolute atomic E-state index is 0.173. The highest BCUT2D eigenvalue weighted by Crippen LogP contribution is 2.24. The highest BCUT2D eigenvalue weighted by Gasteiger charge is 2.24. The van der Waals surface area contributed by atoms with E-state index in [-0.39, 0.29) is 12.5 Å². The van der Waals surface area contributed by atoms with Crippen LogP contribution >= 0.6 is 11.3 Å². The van der Waals surface area contributed by atoms with Gasteiger partial charge in [0.15, 0.2) is 0 Å². The molecule has 1 atom stereocenters. The van der Waals surface area contributed by atoms with E-state index in [1.165, 1.54) is 11.3 Å². The number of carbonyl (C=O) groups is 1. The maximum Gasteiger partial charge on any atom is 0.251 e. The van der Waals surface area contributed by atoms with Gasteiger partial charge in [0, 0.05) is 17.6 Å². The second kappa shape index (κ2) is 6.85. The number of hydrogen-bond acceptors (Lipinski definition) is 4. The third kappa shape index (κ3) is 4.14. The van der Waals surface area contributed by atoms with Gasteiger partial charge in [-0.2, -0.15) is 0 Å². The minimum atomic E-state index is -1.06. The van der Waals surface area contributed by atoms with Crippen molar-refractivity contribution in [3.8, 4) is 0 Å². The molecule has 0 spiro atoms. The number of carbonyl (C=O) groups excluding carboxylic acids is 1. The van der Waals surface area contributed by atoms with Crippen molar-refractivity contribution in [2.75, 3.05) is 13.7 Å². The first-order valence-corrected chi connectivity index (χ1v) is 7.53. The van der Waals surface area contributed by atoms with Crippen LogP contribution < -0.4 is 5.32 Å². The first-order chi connectivity index (χ1) is 10.0. The van der Waals surface area contributed by atoms with Crippen molar-refractivity contribution in [2.24, 2.45) is 0 Å². The van der Waals surface area contributed by atoms with Crippen LogP contribution in [0.5, 0.6) is 0 Å². The number of rotatable bonds is 6. The maximum absolute atomic E-state index is 12.1. The summed E-state index contributed by atoms with van der Waals surface area (Å²) in [5, 5.41) is 15.0. The van der Waals surface area contributed by atoms with Gasteiger partial charge in [0.1, 0.15) is 5.60 Å². The Balaban J connectivity index is 1.95. The van der Waals surface area contributed by atoms with Gasteiger partial charge in [0.25, 0.3) is 5.91 Å². The summed E-state index contributed by atoms with van der Waals surface area (Å²) in [6.45, 7) is 2.39. The molecule has 0 aliphatic rings. The second-order valence-corrected chi connectivity index (χ2v) is 6.01. The molecule has 0 saturated heterocycles. The van der Waals surface area contributed by atoms with Gasteiger partial charge in [-0.05, 0) is 36.1 Å². The highest BCUT2D eigenvalue weighted by atomic mass is 32.1. The molecule has 1 heterocycles. The normalized spacial score (nSPS) is 13.7. The lowest BCUT2D eigenvalue weighted by atomic mass is 10.0. The van der Waals surface area contributed by atoms with E-state index in [9.17, 15) is 9.90 Å². The van der Waals surface area contributed by atoms with Crippen molar-refractivity contribution >= 4 is 17.2 Å². The second-order valence-electron chi connectivity index (χ2n) is 5.06. The Bertz CT molecular complexity index is 576. The molecule has 0 saturated carbocycles. The number of methoxy groups -OCH3 is 1. The zero-order valence-electron chi connectivity index (χ0n) is 12.1. The number of amides is 1. The molecular formula is C16H19NO3S. The molecule has 1 aromatic heterocycles. The van der Waals surface area contributed by atoms with Gasteiger partial charge in [-0.15, -0.1) is 11.3 Å². The first kappa shape index (κ1) is 15.7. The zero-order valence-corrected chi connectivity index (χ0v) is 12.9. The average Bonchev–Trinajstić information content (AvgIpc) is 3.01. The number of thiophene rings is 1. The number of hydrogen-bond donors (Lipinski definition) is 2. The summed E-state index contributed by atoms with van der Waals surface area (Å²) in [5.74, 6) is -0.198. The Labute approximate surface area is 128 Å². The Morgan fingerprint density at radius 2 is 2.05 bits per heavy atom. The molecule has 5 heteroatoms. The fourth-order valence-electron chi connectivity index (χ4n) is 1.95. The van der Waals surface area contributed by atoms with Gasteiger partial charge in [-0.3, -0.25) is 4.79 Å². The zero-order chi connectivity index (χ0) is 15.3. The predicted molar refractivity (Wildman–Crippen MR) is 83.4 cm³/mol. The molecule has 1 amide bonds. The quantitative estimate of drug-likeness (QED) is 0.862. The smallest absolute Gasteiger partial charge is 0.251 e. The molecule has 0 aliphatic carbocycles. The molecule has 0 bridgehead atoms. The molecule has 0 fully saturated rings. The van der Waals surface area contributed by atoms with Crippen LogP contribution in [0.25, 0.3) is 0 Å².